The average Bonchev–Trinajstić information content (AvgIpc) is 2.33. The number of halogens is 3. The Hall–Kier alpha value is -1.72. The lowest BCUT2D eigenvalue weighted by Gasteiger charge is -2.12. The van der Waals surface area contributed by atoms with Crippen molar-refractivity contribution >= 4 is 5.97 Å². The van der Waals surface area contributed by atoms with Crippen LogP contribution >= 0.6 is 0 Å². The van der Waals surface area contributed by atoms with Gasteiger partial charge in [-0.05, 0) is 37.0 Å². The monoisotopic (exact) mass is 290 g/mol. The fourth-order valence-electron chi connectivity index (χ4n) is 1.67. The van der Waals surface area contributed by atoms with Crippen molar-refractivity contribution in [3.05, 3.63) is 29.3 Å². The number of hydrogen-bond donors (Lipinski definition) is 1. The molecule has 0 saturated heterocycles. The number of aromatic carboxylic acids is 1. The van der Waals surface area contributed by atoms with Crippen LogP contribution < -0.4 is 4.74 Å². The van der Waals surface area contributed by atoms with Crippen molar-refractivity contribution in [3.63, 3.8) is 0 Å². The van der Waals surface area contributed by atoms with Crippen LogP contribution in [0.1, 0.15) is 42.6 Å². The first kappa shape index (κ1) is 16.3. The molecule has 1 aromatic carbocycles. The highest BCUT2D eigenvalue weighted by Crippen LogP contribution is 2.32. The van der Waals surface area contributed by atoms with Gasteiger partial charge in [-0.2, -0.15) is 13.2 Å². The first-order valence-electron chi connectivity index (χ1n) is 6.29. The van der Waals surface area contributed by atoms with Crippen molar-refractivity contribution in [1.29, 1.82) is 0 Å². The number of hydrogen-bond acceptors (Lipinski definition) is 2. The number of alkyl halides is 3. The zero-order chi connectivity index (χ0) is 15.3. The first-order chi connectivity index (χ1) is 9.21. The lowest BCUT2D eigenvalue weighted by atomic mass is 10.1. The molecule has 3 nitrogen and oxygen atoms in total. The Morgan fingerprint density at radius 3 is 2.50 bits per heavy atom. The number of ether oxygens (including phenoxy) is 1. The van der Waals surface area contributed by atoms with E-state index in [2.05, 4.69) is 0 Å². The molecular weight excluding hydrogens is 273 g/mol. The van der Waals surface area contributed by atoms with E-state index in [9.17, 15) is 18.0 Å². The van der Waals surface area contributed by atoms with E-state index in [1.165, 1.54) is 0 Å². The van der Waals surface area contributed by atoms with Gasteiger partial charge in [0.15, 0.2) is 0 Å². The van der Waals surface area contributed by atoms with E-state index in [1.807, 2.05) is 13.8 Å². The summed E-state index contributed by atoms with van der Waals surface area (Å²) in [5.41, 5.74) is -1.46. The minimum atomic E-state index is -4.57. The molecule has 0 saturated carbocycles. The summed E-state index contributed by atoms with van der Waals surface area (Å²) in [6, 6.07) is 2.48. The minimum absolute atomic E-state index is 0.0331. The largest absolute Gasteiger partial charge is 0.493 e. The van der Waals surface area contributed by atoms with Gasteiger partial charge in [0.05, 0.1) is 12.2 Å². The summed E-state index contributed by atoms with van der Waals surface area (Å²) in [4.78, 5) is 11.0. The molecule has 0 aliphatic carbocycles. The fraction of sp³-hybridized carbons (Fsp3) is 0.500. The van der Waals surface area contributed by atoms with Crippen LogP contribution in [-0.2, 0) is 6.18 Å². The van der Waals surface area contributed by atoms with E-state index in [1.54, 1.807) is 0 Å². The Morgan fingerprint density at radius 2 is 2.00 bits per heavy atom. The van der Waals surface area contributed by atoms with Gasteiger partial charge in [-0.15, -0.1) is 0 Å². The molecule has 1 aromatic rings. The van der Waals surface area contributed by atoms with Gasteiger partial charge in [-0.1, -0.05) is 13.8 Å². The highest BCUT2D eigenvalue weighted by molar-refractivity contribution is 5.91. The molecular formula is C14H17F3O3. The first-order valence-corrected chi connectivity index (χ1v) is 6.29. The Bertz CT molecular complexity index is 467. The summed E-state index contributed by atoms with van der Waals surface area (Å²) in [6.45, 7) is 4.37. The number of benzene rings is 1. The molecule has 0 atom stereocenters. The Morgan fingerprint density at radius 1 is 1.35 bits per heavy atom. The van der Waals surface area contributed by atoms with E-state index in [0.717, 1.165) is 25.0 Å². The maximum Gasteiger partial charge on any atom is 0.416 e. The molecule has 112 valence electrons. The molecule has 0 aliphatic rings. The second-order valence-electron chi connectivity index (χ2n) is 4.90. The summed E-state index contributed by atoms with van der Waals surface area (Å²) >= 11 is 0. The lowest BCUT2D eigenvalue weighted by Crippen LogP contribution is -2.10. The predicted octanol–water partition coefficient (Wildman–Crippen LogP) is 4.22. The van der Waals surface area contributed by atoms with Gasteiger partial charge >= 0.3 is 12.1 Å². The van der Waals surface area contributed by atoms with Crippen molar-refractivity contribution in [2.45, 2.75) is 32.9 Å². The molecule has 0 unspecified atom stereocenters. The molecule has 0 amide bonds. The summed E-state index contributed by atoms with van der Waals surface area (Å²) < 4.78 is 42.8. The van der Waals surface area contributed by atoms with Gasteiger partial charge in [0, 0.05) is 0 Å². The Kier molecular flexibility index (Phi) is 5.42. The maximum absolute atomic E-state index is 12.5. The van der Waals surface area contributed by atoms with Crippen LogP contribution in [0.4, 0.5) is 13.2 Å². The van der Waals surface area contributed by atoms with Gasteiger partial charge in [0.1, 0.15) is 11.3 Å². The normalized spacial score (nSPS) is 11.7. The van der Waals surface area contributed by atoms with E-state index in [4.69, 9.17) is 9.84 Å². The van der Waals surface area contributed by atoms with Crippen LogP contribution in [-0.4, -0.2) is 17.7 Å². The van der Waals surface area contributed by atoms with Crippen LogP contribution in [0.15, 0.2) is 18.2 Å². The Balaban J connectivity index is 2.83. The highest BCUT2D eigenvalue weighted by Gasteiger charge is 2.32. The van der Waals surface area contributed by atoms with Crippen molar-refractivity contribution in [3.8, 4) is 5.75 Å². The highest BCUT2D eigenvalue weighted by atomic mass is 19.4. The van der Waals surface area contributed by atoms with Crippen LogP contribution in [0.25, 0.3) is 0 Å². The number of carbonyl (C=O) groups is 1. The molecule has 6 heteroatoms. The molecule has 0 aromatic heterocycles. The summed E-state index contributed by atoms with van der Waals surface area (Å²) in [7, 11) is 0. The molecule has 20 heavy (non-hydrogen) atoms. The van der Waals surface area contributed by atoms with Gasteiger partial charge in [0.2, 0.25) is 0 Å². The zero-order valence-corrected chi connectivity index (χ0v) is 11.3. The predicted molar refractivity (Wildman–Crippen MR) is 68.0 cm³/mol. The summed E-state index contributed by atoms with van der Waals surface area (Å²) in [5.74, 6) is -0.977. The van der Waals surface area contributed by atoms with E-state index < -0.39 is 23.3 Å². The molecule has 0 bridgehead atoms. The van der Waals surface area contributed by atoms with Crippen LogP contribution in [0.5, 0.6) is 5.75 Å². The molecule has 0 fully saturated rings. The SMILES string of the molecule is CC(C)CCCOc1ccc(C(F)(F)F)cc1C(=O)O. The van der Waals surface area contributed by atoms with Crippen molar-refractivity contribution in [1.82, 2.24) is 0 Å². The zero-order valence-electron chi connectivity index (χ0n) is 11.3. The second kappa shape index (κ2) is 6.63. The van der Waals surface area contributed by atoms with E-state index in [0.29, 0.717) is 12.0 Å². The summed E-state index contributed by atoms with van der Waals surface area (Å²) in [5, 5.41) is 8.95. The molecule has 1 rings (SSSR count). The second-order valence-corrected chi connectivity index (χ2v) is 4.90. The van der Waals surface area contributed by atoms with Crippen LogP contribution in [0.2, 0.25) is 0 Å². The number of carboxylic acids is 1. The fourth-order valence-corrected chi connectivity index (χ4v) is 1.67. The van der Waals surface area contributed by atoms with Gasteiger partial charge in [0.25, 0.3) is 0 Å². The topological polar surface area (TPSA) is 46.5 Å². The van der Waals surface area contributed by atoms with E-state index >= 15 is 0 Å². The molecule has 0 aliphatic heterocycles. The number of carboxylic acid groups (broad SMARTS) is 1. The quantitative estimate of drug-likeness (QED) is 0.798. The van der Waals surface area contributed by atoms with Gasteiger partial charge in [-0.3, -0.25) is 0 Å². The average molecular weight is 290 g/mol. The van der Waals surface area contributed by atoms with Crippen LogP contribution in [0.3, 0.4) is 0 Å². The Labute approximate surface area is 115 Å². The standard InChI is InChI=1S/C14H17F3O3/c1-9(2)4-3-7-20-12-6-5-10(14(15,16)17)8-11(12)13(18)19/h5-6,8-9H,3-4,7H2,1-2H3,(H,18,19). The maximum atomic E-state index is 12.5. The third-order valence-electron chi connectivity index (χ3n) is 2.72. The molecule has 0 spiro atoms. The lowest BCUT2D eigenvalue weighted by molar-refractivity contribution is -0.137. The third kappa shape index (κ3) is 4.75. The van der Waals surface area contributed by atoms with Gasteiger partial charge in [-0.25, -0.2) is 4.79 Å². The third-order valence-corrected chi connectivity index (χ3v) is 2.72. The van der Waals surface area contributed by atoms with Crippen molar-refractivity contribution in [2.75, 3.05) is 6.61 Å². The van der Waals surface area contributed by atoms with Crippen molar-refractivity contribution < 1.29 is 27.8 Å². The molecule has 0 heterocycles. The summed E-state index contributed by atoms with van der Waals surface area (Å²) in [6.07, 6.45) is -2.94. The van der Waals surface area contributed by atoms with Crippen LogP contribution in [0, 0.1) is 5.92 Å². The molecule has 1 N–H and O–H groups in total. The van der Waals surface area contributed by atoms with Gasteiger partial charge < -0.3 is 9.84 Å². The molecule has 0 radical (unpaired) electrons. The van der Waals surface area contributed by atoms with Crippen molar-refractivity contribution in [2.24, 2.45) is 5.92 Å². The number of rotatable bonds is 6. The van der Waals surface area contributed by atoms with E-state index in [-0.39, 0.29) is 12.4 Å². The smallest absolute Gasteiger partial charge is 0.416 e. The minimum Gasteiger partial charge on any atom is -0.493 e.